The molecule has 1 aromatic heterocycles. The quantitative estimate of drug-likeness (QED) is 0.820. The van der Waals surface area contributed by atoms with E-state index < -0.39 is 0 Å². The van der Waals surface area contributed by atoms with Crippen LogP contribution in [-0.2, 0) is 6.54 Å². The lowest BCUT2D eigenvalue weighted by molar-refractivity contribution is 0.160. The van der Waals surface area contributed by atoms with Crippen LogP contribution in [0.15, 0.2) is 36.4 Å². The Balaban J connectivity index is 1.91. The normalized spacial score (nSPS) is 12.8. The van der Waals surface area contributed by atoms with Crippen molar-refractivity contribution in [3.63, 3.8) is 0 Å². The standard InChI is InChI=1S/C15H20N2O/c1-2-5-14(18)11-16-10-13-9-8-12-6-3-4-7-15(12)17-13/h3-4,6-9,14,16,18H,2,5,10-11H2,1H3. The molecule has 0 radical (unpaired) electrons. The van der Waals surface area contributed by atoms with E-state index in [4.69, 9.17) is 0 Å². The van der Waals surface area contributed by atoms with E-state index in [-0.39, 0.29) is 6.10 Å². The summed E-state index contributed by atoms with van der Waals surface area (Å²) in [4.78, 5) is 4.57. The van der Waals surface area contributed by atoms with E-state index in [1.807, 2.05) is 24.3 Å². The van der Waals surface area contributed by atoms with Gasteiger partial charge in [0.15, 0.2) is 0 Å². The molecule has 96 valence electrons. The molecule has 3 nitrogen and oxygen atoms in total. The van der Waals surface area contributed by atoms with Gasteiger partial charge in [-0.3, -0.25) is 4.98 Å². The first-order valence-electron chi connectivity index (χ1n) is 6.53. The number of hydrogen-bond donors (Lipinski definition) is 2. The van der Waals surface area contributed by atoms with Crippen molar-refractivity contribution in [3.8, 4) is 0 Å². The third-order valence-corrected chi connectivity index (χ3v) is 2.96. The van der Waals surface area contributed by atoms with Gasteiger partial charge in [-0.2, -0.15) is 0 Å². The molecule has 0 saturated carbocycles. The minimum Gasteiger partial charge on any atom is -0.392 e. The van der Waals surface area contributed by atoms with Crippen LogP contribution in [0.5, 0.6) is 0 Å². The summed E-state index contributed by atoms with van der Waals surface area (Å²) in [7, 11) is 0. The van der Waals surface area contributed by atoms with Crippen LogP contribution in [0.2, 0.25) is 0 Å². The molecule has 0 aliphatic carbocycles. The monoisotopic (exact) mass is 244 g/mol. The number of aliphatic hydroxyl groups is 1. The van der Waals surface area contributed by atoms with Crippen molar-refractivity contribution in [2.45, 2.75) is 32.4 Å². The Labute approximate surface area is 108 Å². The van der Waals surface area contributed by atoms with E-state index in [1.54, 1.807) is 0 Å². The molecule has 0 saturated heterocycles. The zero-order valence-electron chi connectivity index (χ0n) is 10.8. The van der Waals surface area contributed by atoms with E-state index in [1.165, 1.54) is 0 Å². The Kier molecular flexibility index (Phi) is 4.67. The molecule has 2 rings (SSSR count). The van der Waals surface area contributed by atoms with Gasteiger partial charge in [-0.05, 0) is 18.6 Å². The van der Waals surface area contributed by atoms with Gasteiger partial charge in [0, 0.05) is 18.5 Å². The predicted molar refractivity (Wildman–Crippen MR) is 74.4 cm³/mol. The van der Waals surface area contributed by atoms with Crippen molar-refractivity contribution in [3.05, 3.63) is 42.1 Å². The summed E-state index contributed by atoms with van der Waals surface area (Å²) in [6.07, 6.45) is 1.60. The number of fused-ring (bicyclic) bond motifs is 1. The lowest BCUT2D eigenvalue weighted by Gasteiger charge is -2.10. The second-order valence-electron chi connectivity index (χ2n) is 4.57. The van der Waals surface area contributed by atoms with Crippen molar-refractivity contribution in [1.82, 2.24) is 10.3 Å². The number of rotatable bonds is 6. The van der Waals surface area contributed by atoms with E-state index >= 15 is 0 Å². The van der Waals surface area contributed by atoms with Gasteiger partial charge < -0.3 is 10.4 Å². The molecule has 3 heteroatoms. The number of nitrogens with one attached hydrogen (secondary N) is 1. The first-order chi connectivity index (χ1) is 8.79. The minimum absolute atomic E-state index is 0.254. The van der Waals surface area contributed by atoms with Gasteiger partial charge in [0.1, 0.15) is 0 Å². The second-order valence-corrected chi connectivity index (χ2v) is 4.57. The molecule has 1 aromatic carbocycles. The molecular formula is C15H20N2O. The first-order valence-corrected chi connectivity index (χ1v) is 6.53. The van der Waals surface area contributed by atoms with E-state index in [0.29, 0.717) is 13.1 Å². The van der Waals surface area contributed by atoms with Gasteiger partial charge >= 0.3 is 0 Å². The van der Waals surface area contributed by atoms with Crippen LogP contribution in [0.4, 0.5) is 0 Å². The number of hydrogen-bond acceptors (Lipinski definition) is 3. The number of benzene rings is 1. The number of pyridine rings is 1. The summed E-state index contributed by atoms with van der Waals surface area (Å²) < 4.78 is 0. The molecule has 2 aromatic rings. The highest BCUT2D eigenvalue weighted by atomic mass is 16.3. The fourth-order valence-electron chi connectivity index (χ4n) is 2.01. The Morgan fingerprint density at radius 3 is 2.89 bits per heavy atom. The Morgan fingerprint density at radius 2 is 2.06 bits per heavy atom. The van der Waals surface area contributed by atoms with Crippen molar-refractivity contribution >= 4 is 10.9 Å². The van der Waals surface area contributed by atoms with Crippen LogP contribution in [0, 0.1) is 0 Å². The fraction of sp³-hybridized carbons (Fsp3) is 0.400. The summed E-state index contributed by atoms with van der Waals surface area (Å²) in [6, 6.07) is 12.2. The average Bonchev–Trinajstić information content (AvgIpc) is 2.39. The number of para-hydroxylation sites is 1. The molecule has 0 aliphatic heterocycles. The van der Waals surface area contributed by atoms with Gasteiger partial charge in [-0.15, -0.1) is 0 Å². The zero-order chi connectivity index (χ0) is 12.8. The lowest BCUT2D eigenvalue weighted by atomic mass is 10.2. The summed E-state index contributed by atoms with van der Waals surface area (Å²) in [5.41, 5.74) is 2.03. The topological polar surface area (TPSA) is 45.1 Å². The Bertz CT molecular complexity index is 499. The van der Waals surface area contributed by atoms with Crippen molar-refractivity contribution in [2.75, 3.05) is 6.54 Å². The highest BCUT2D eigenvalue weighted by Crippen LogP contribution is 2.11. The zero-order valence-corrected chi connectivity index (χ0v) is 10.8. The Hall–Kier alpha value is -1.45. The molecule has 0 spiro atoms. The molecule has 0 bridgehead atoms. The fourth-order valence-corrected chi connectivity index (χ4v) is 2.01. The van der Waals surface area contributed by atoms with E-state index in [2.05, 4.69) is 29.4 Å². The first kappa shape index (κ1) is 13.0. The van der Waals surface area contributed by atoms with Crippen LogP contribution in [0.3, 0.4) is 0 Å². The van der Waals surface area contributed by atoms with Crippen molar-refractivity contribution in [2.24, 2.45) is 0 Å². The molecule has 1 unspecified atom stereocenters. The molecule has 0 fully saturated rings. The summed E-state index contributed by atoms with van der Waals surface area (Å²) >= 11 is 0. The van der Waals surface area contributed by atoms with Crippen LogP contribution in [0.25, 0.3) is 10.9 Å². The maximum atomic E-state index is 9.62. The summed E-state index contributed by atoms with van der Waals surface area (Å²) in [5.74, 6) is 0. The average molecular weight is 244 g/mol. The SMILES string of the molecule is CCCC(O)CNCc1ccc2ccccc2n1. The number of nitrogens with zero attached hydrogens (tertiary/aromatic N) is 1. The van der Waals surface area contributed by atoms with Crippen LogP contribution in [-0.4, -0.2) is 22.7 Å². The third-order valence-electron chi connectivity index (χ3n) is 2.96. The molecule has 0 aliphatic rings. The van der Waals surface area contributed by atoms with Gasteiger partial charge in [0.25, 0.3) is 0 Å². The lowest BCUT2D eigenvalue weighted by Crippen LogP contribution is -2.26. The molecule has 1 heterocycles. The molecular weight excluding hydrogens is 224 g/mol. The molecule has 0 amide bonds. The third kappa shape index (κ3) is 3.52. The van der Waals surface area contributed by atoms with Gasteiger partial charge in [-0.25, -0.2) is 0 Å². The van der Waals surface area contributed by atoms with Crippen LogP contribution >= 0.6 is 0 Å². The number of aliphatic hydroxyl groups excluding tert-OH is 1. The predicted octanol–water partition coefficient (Wildman–Crippen LogP) is 2.49. The maximum Gasteiger partial charge on any atom is 0.0705 e. The summed E-state index contributed by atoms with van der Waals surface area (Å²) in [6.45, 7) is 3.40. The summed E-state index contributed by atoms with van der Waals surface area (Å²) in [5, 5.41) is 14.0. The van der Waals surface area contributed by atoms with Crippen LogP contribution < -0.4 is 5.32 Å². The molecule has 18 heavy (non-hydrogen) atoms. The van der Waals surface area contributed by atoms with Gasteiger partial charge in [0.05, 0.1) is 17.3 Å². The smallest absolute Gasteiger partial charge is 0.0705 e. The van der Waals surface area contributed by atoms with E-state index in [0.717, 1.165) is 29.4 Å². The maximum absolute atomic E-state index is 9.62. The largest absolute Gasteiger partial charge is 0.392 e. The second kappa shape index (κ2) is 6.47. The molecule has 2 N–H and O–H groups in total. The van der Waals surface area contributed by atoms with Crippen molar-refractivity contribution < 1.29 is 5.11 Å². The Morgan fingerprint density at radius 1 is 1.22 bits per heavy atom. The van der Waals surface area contributed by atoms with E-state index in [9.17, 15) is 5.11 Å². The van der Waals surface area contributed by atoms with Crippen LogP contribution in [0.1, 0.15) is 25.5 Å². The van der Waals surface area contributed by atoms with Gasteiger partial charge in [0.2, 0.25) is 0 Å². The highest BCUT2D eigenvalue weighted by molar-refractivity contribution is 5.78. The van der Waals surface area contributed by atoms with Crippen molar-refractivity contribution in [1.29, 1.82) is 0 Å². The molecule has 1 atom stereocenters. The highest BCUT2D eigenvalue weighted by Gasteiger charge is 2.02. The van der Waals surface area contributed by atoms with Gasteiger partial charge in [-0.1, -0.05) is 37.6 Å². The minimum atomic E-state index is -0.254. The number of aromatic nitrogens is 1.